The summed E-state index contributed by atoms with van der Waals surface area (Å²) in [6, 6.07) is 13.3. The number of fused-ring (bicyclic) bond motifs is 1. The summed E-state index contributed by atoms with van der Waals surface area (Å²) in [5, 5.41) is 3.36. The molecule has 6 nitrogen and oxygen atoms in total. The van der Waals surface area contributed by atoms with Crippen molar-refractivity contribution in [3.63, 3.8) is 0 Å². The minimum Gasteiger partial charge on any atom is -0.331 e. The maximum atomic E-state index is 12.4. The molecule has 3 rings (SSSR count). The molecule has 0 aliphatic heterocycles. The van der Waals surface area contributed by atoms with E-state index in [2.05, 4.69) is 21.2 Å². The monoisotopic (exact) mass is 339 g/mol. The van der Waals surface area contributed by atoms with Gasteiger partial charge in [0.1, 0.15) is 11.3 Å². The van der Waals surface area contributed by atoms with Crippen LogP contribution in [0.2, 0.25) is 0 Å². The standard InChI is InChI=1S/C17H17N5OS/c1-11-7-3-4-8-13(11)19-17(24)21-20-16(23)15-12(2)18-14-9-5-6-10-22(14)15/h3-10H,1-2H3,(H,20,23)(H2,19,21,24). The highest BCUT2D eigenvalue weighted by Gasteiger charge is 2.16. The lowest BCUT2D eigenvalue weighted by atomic mass is 10.2. The third-order valence-corrected chi connectivity index (χ3v) is 3.81. The van der Waals surface area contributed by atoms with Gasteiger partial charge in [-0.05, 0) is 49.8 Å². The van der Waals surface area contributed by atoms with Crippen LogP contribution in [-0.2, 0) is 0 Å². The number of nitrogens with zero attached hydrogens (tertiary/aromatic N) is 2. The predicted molar refractivity (Wildman–Crippen MR) is 97.9 cm³/mol. The fraction of sp³-hybridized carbons (Fsp3) is 0.118. The first-order valence-corrected chi connectivity index (χ1v) is 7.84. The summed E-state index contributed by atoms with van der Waals surface area (Å²) >= 11 is 5.21. The Morgan fingerprint density at radius 2 is 1.83 bits per heavy atom. The van der Waals surface area contributed by atoms with Gasteiger partial charge in [-0.1, -0.05) is 24.3 Å². The molecule has 2 aromatic heterocycles. The Hall–Kier alpha value is -2.93. The summed E-state index contributed by atoms with van der Waals surface area (Å²) in [6.45, 7) is 3.77. The second kappa shape index (κ2) is 6.67. The quantitative estimate of drug-likeness (QED) is 0.494. The molecule has 0 fully saturated rings. The van der Waals surface area contributed by atoms with Crippen molar-refractivity contribution in [3.05, 3.63) is 65.6 Å². The highest BCUT2D eigenvalue weighted by molar-refractivity contribution is 7.80. The van der Waals surface area contributed by atoms with E-state index in [0.717, 1.165) is 16.9 Å². The van der Waals surface area contributed by atoms with Gasteiger partial charge < -0.3 is 5.32 Å². The molecule has 24 heavy (non-hydrogen) atoms. The first-order valence-electron chi connectivity index (χ1n) is 7.43. The van der Waals surface area contributed by atoms with E-state index < -0.39 is 0 Å². The Labute approximate surface area is 144 Å². The van der Waals surface area contributed by atoms with Gasteiger partial charge in [-0.3, -0.25) is 20.0 Å². The van der Waals surface area contributed by atoms with Gasteiger partial charge in [0.25, 0.3) is 5.91 Å². The summed E-state index contributed by atoms with van der Waals surface area (Å²) in [6.07, 6.45) is 1.80. The first kappa shape index (κ1) is 15.9. The zero-order valence-corrected chi connectivity index (χ0v) is 14.1. The molecule has 2 heterocycles. The number of para-hydroxylation sites is 1. The number of benzene rings is 1. The second-order valence-electron chi connectivity index (χ2n) is 5.32. The fourth-order valence-corrected chi connectivity index (χ4v) is 2.59. The molecule has 7 heteroatoms. The van der Waals surface area contributed by atoms with Crippen LogP contribution in [0.1, 0.15) is 21.7 Å². The number of carbonyl (C=O) groups is 1. The number of carbonyl (C=O) groups excluding carboxylic acids is 1. The van der Waals surface area contributed by atoms with Crippen molar-refractivity contribution in [2.75, 3.05) is 5.32 Å². The molecule has 3 N–H and O–H groups in total. The molecule has 0 unspecified atom stereocenters. The van der Waals surface area contributed by atoms with Gasteiger partial charge in [-0.15, -0.1) is 0 Å². The van der Waals surface area contributed by atoms with E-state index in [9.17, 15) is 4.79 Å². The molecular weight excluding hydrogens is 322 g/mol. The van der Waals surface area contributed by atoms with Crippen LogP contribution in [0, 0.1) is 13.8 Å². The molecule has 0 aliphatic carbocycles. The molecular formula is C17H17N5OS. The SMILES string of the molecule is Cc1ccccc1NC(=S)NNC(=O)c1c(C)nc2ccccn12. The number of hydrogen-bond acceptors (Lipinski definition) is 3. The number of aromatic nitrogens is 2. The normalized spacial score (nSPS) is 10.4. The van der Waals surface area contributed by atoms with Crippen LogP contribution >= 0.6 is 12.2 Å². The summed E-state index contributed by atoms with van der Waals surface area (Å²) in [4.78, 5) is 16.8. The molecule has 122 valence electrons. The maximum Gasteiger partial charge on any atom is 0.288 e. The second-order valence-corrected chi connectivity index (χ2v) is 5.73. The Morgan fingerprint density at radius 1 is 1.08 bits per heavy atom. The zero-order chi connectivity index (χ0) is 17.1. The smallest absolute Gasteiger partial charge is 0.288 e. The Bertz CT molecular complexity index is 918. The van der Waals surface area contributed by atoms with E-state index >= 15 is 0 Å². The van der Waals surface area contributed by atoms with Crippen LogP contribution in [0.25, 0.3) is 5.65 Å². The molecule has 0 atom stereocenters. The Kier molecular flexibility index (Phi) is 4.43. The number of hydrogen-bond donors (Lipinski definition) is 3. The largest absolute Gasteiger partial charge is 0.331 e. The van der Waals surface area contributed by atoms with Crippen LogP contribution in [-0.4, -0.2) is 20.4 Å². The molecule has 0 saturated heterocycles. The Balaban J connectivity index is 1.68. The molecule has 0 bridgehead atoms. The minimum atomic E-state index is -0.305. The molecule has 0 aliphatic rings. The van der Waals surface area contributed by atoms with Crippen molar-refractivity contribution in [2.45, 2.75) is 13.8 Å². The molecule has 0 radical (unpaired) electrons. The summed E-state index contributed by atoms with van der Waals surface area (Å²) in [5.41, 5.74) is 9.11. The van der Waals surface area contributed by atoms with Crippen LogP contribution < -0.4 is 16.2 Å². The van der Waals surface area contributed by atoms with Gasteiger partial charge in [-0.2, -0.15) is 0 Å². The van der Waals surface area contributed by atoms with Crippen molar-refractivity contribution >= 4 is 34.6 Å². The van der Waals surface area contributed by atoms with E-state index in [0.29, 0.717) is 16.5 Å². The lowest BCUT2D eigenvalue weighted by Gasteiger charge is -2.13. The number of nitrogens with one attached hydrogen (secondary N) is 3. The number of hydrazine groups is 1. The number of imidazole rings is 1. The highest BCUT2D eigenvalue weighted by Crippen LogP contribution is 2.13. The van der Waals surface area contributed by atoms with Crippen molar-refractivity contribution in [1.82, 2.24) is 20.2 Å². The van der Waals surface area contributed by atoms with E-state index in [1.54, 1.807) is 17.5 Å². The van der Waals surface area contributed by atoms with Crippen molar-refractivity contribution < 1.29 is 4.79 Å². The first-order chi connectivity index (χ1) is 11.6. The molecule has 3 aromatic rings. The van der Waals surface area contributed by atoms with Gasteiger partial charge in [0, 0.05) is 11.9 Å². The topological polar surface area (TPSA) is 70.5 Å². The maximum absolute atomic E-state index is 12.4. The van der Waals surface area contributed by atoms with Crippen molar-refractivity contribution in [3.8, 4) is 0 Å². The molecule has 1 aromatic carbocycles. The van der Waals surface area contributed by atoms with Gasteiger partial charge >= 0.3 is 0 Å². The number of anilines is 1. The third-order valence-electron chi connectivity index (χ3n) is 3.60. The van der Waals surface area contributed by atoms with Crippen LogP contribution in [0.4, 0.5) is 5.69 Å². The predicted octanol–water partition coefficient (Wildman–Crippen LogP) is 2.58. The summed E-state index contributed by atoms with van der Waals surface area (Å²) < 4.78 is 1.74. The number of rotatable bonds is 2. The van der Waals surface area contributed by atoms with Crippen LogP contribution in [0.15, 0.2) is 48.7 Å². The number of thiocarbonyl (C=S) groups is 1. The lowest BCUT2D eigenvalue weighted by Crippen LogP contribution is -2.44. The van der Waals surface area contributed by atoms with Gasteiger partial charge in [0.05, 0.1) is 5.69 Å². The average molecular weight is 339 g/mol. The average Bonchev–Trinajstić information content (AvgIpc) is 2.90. The van der Waals surface area contributed by atoms with Gasteiger partial charge in [-0.25, -0.2) is 4.98 Å². The van der Waals surface area contributed by atoms with E-state index in [-0.39, 0.29) is 5.91 Å². The van der Waals surface area contributed by atoms with Crippen molar-refractivity contribution in [1.29, 1.82) is 0 Å². The van der Waals surface area contributed by atoms with Crippen LogP contribution in [0.3, 0.4) is 0 Å². The fourth-order valence-electron chi connectivity index (χ4n) is 2.43. The Morgan fingerprint density at radius 3 is 2.62 bits per heavy atom. The summed E-state index contributed by atoms with van der Waals surface area (Å²) in [5.74, 6) is -0.305. The third kappa shape index (κ3) is 3.21. The molecule has 0 spiro atoms. The minimum absolute atomic E-state index is 0.305. The number of aryl methyl sites for hydroxylation is 2. The van der Waals surface area contributed by atoms with E-state index in [1.165, 1.54) is 0 Å². The van der Waals surface area contributed by atoms with E-state index in [1.807, 2.05) is 49.4 Å². The summed E-state index contributed by atoms with van der Waals surface area (Å²) in [7, 11) is 0. The van der Waals surface area contributed by atoms with E-state index in [4.69, 9.17) is 12.2 Å². The zero-order valence-electron chi connectivity index (χ0n) is 13.3. The van der Waals surface area contributed by atoms with Crippen LogP contribution in [0.5, 0.6) is 0 Å². The van der Waals surface area contributed by atoms with Gasteiger partial charge in [0.15, 0.2) is 5.11 Å². The molecule has 0 saturated carbocycles. The lowest BCUT2D eigenvalue weighted by molar-refractivity contribution is 0.0937. The van der Waals surface area contributed by atoms with Crippen molar-refractivity contribution in [2.24, 2.45) is 0 Å². The number of amides is 1. The highest BCUT2D eigenvalue weighted by atomic mass is 32.1. The van der Waals surface area contributed by atoms with Gasteiger partial charge in [0.2, 0.25) is 0 Å². The number of pyridine rings is 1. The molecule has 1 amide bonds.